The van der Waals surface area contributed by atoms with Crippen molar-refractivity contribution in [2.24, 2.45) is 0 Å². The minimum atomic E-state index is -4.80. The molecular weight excluding hydrogens is 459 g/mol. The molecule has 2 saturated heterocycles. The fourth-order valence-electron chi connectivity index (χ4n) is 4.74. The third kappa shape index (κ3) is 5.31. The average Bonchev–Trinajstić information content (AvgIpc) is 3.14. The van der Waals surface area contributed by atoms with Gasteiger partial charge in [-0.1, -0.05) is 0 Å². The molecule has 34 heavy (non-hydrogen) atoms. The predicted molar refractivity (Wildman–Crippen MR) is 114 cm³/mol. The number of aromatic nitrogens is 2. The van der Waals surface area contributed by atoms with E-state index in [1.807, 2.05) is 11.9 Å². The molecule has 0 saturated carbocycles. The topological polar surface area (TPSA) is 61.5 Å². The first-order valence-electron chi connectivity index (χ1n) is 11.2. The quantitative estimate of drug-likeness (QED) is 0.529. The summed E-state index contributed by atoms with van der Waals surface area (Å²) in [6.07, 6.45) is -2.10. The highest BCUT2D eigenvalue weighted by Gasteiger charge is 2.39. The third-order valence-electron chi connectivity index (χ3n) is 6.77. The summed E-state index contributed by atoms with van der Waals surface area (Å²) in [7, 11) is 1.87. The minimum absolute atomic E-state index is 0.252. The van der Waals surface area contributed by atoms with Crippen molar-refractivity contribution in [3.8, 4) is 0 Å². The lowest BCUT2D eigenvalue weighted by atomic mass is 9.86. The van der Waals surface area contributed by atoms with Crippen LogP contribution in [0, 0.1) is 11.6 Å². The lowest BCUT2D eigenvalue weighted by molar-refractivity contribution is -0.141. The molecule has 1 aromatic heterocycles. The maximum absolute atomic E-state index is 13.5. The molecule has 11 heteroatoms. The zero-order valence-electron chi connectivity index (χ0n) is 18.8. The van der Waals surface area contributed by atoms with E-state index in [0.717, 1.165) is 56.3 Å². The molecule has 1 aromatic carbocycles. The van der Waals surface area contributed by atoms with Gasteiger partial charge in [-0.05, 0) is 56.9 Å². The first-order chi connectivity index (χ1) is 16.2. The van der Waals surface area contributed by atoms with Gasteiger partial charge in [0.05, 0.1) is 30.5 Å². The van der Waals surface area contributed by atoms with Crippen molar-refractivity contribution >= 4 is 6.29 Å². The van der Waals surface area contributed by atoms with Crippen molar-refractivity contribution < 1.29 is 31.5 Å². The van der Waals surface area contributed by atoms with Crippen LogP contribution in [0.25, 0.3) is 0 Å². The Balaban J connectivity index is 0.000000165. The molecule has 0 amide bonds. The van der Waals surface area contributed by atoms with Gasteiger partial charge in [0.1, 0.15) is 17.3 Å². The van der Waals surface area contributed by atoms with Gasteiger partial charge in [-0.3, -0.25) is 14.8 Å². The second-order valence-electron chi connectivity index (χ2n) is 9.02. The summed E-state index contributed by atoms with van der Waals surface area (Å²) in [5, 5.41) is 6.95. The van der Waals surface area contributed by atoms with Crippen LogP contribution in [-0.4, -0.2) is 72.2 Å². The van der Waals surface area contributed by atoms with Gasteiger partial charge in [0.15, 0.2) is 6.29 Å². The van der Waals surface area contributed by atoms with Gasteiger partial charge < -0.3 is 9.64 Å². The Kier molecular flexibility index (Phi) is 7.34. The maximum atomic E-state index is 13.5. The molecule has 4 heterocycles. The fraction of sp³-hybridized carbons (Fsp3) is 0.565. The van der Waals surface area contributed by atoms with Crippen LogP contribution < -0.4 is 0 Å². The Hall–Kier alpha value is -2.37. The van der Waals surface area contributed by atoms with Crippen LogP contribution in [-0.2, 0) is 23.9 Å². The van der Waals surface area contributed by atoms with Crippen LogP contribution in [0.4, 0.5) is 22.0 Å². The zero-order valence-corrected chi connectivity index (χ0v) is 18.8. The number of hydrogen-bond donors (Lipinski definition) is 1. The van der Waals surface area contributed by atoms with E-state index in [0.29, 0.717) is 43.7 Å². The summed E-state index contributed by atoms with van der Waals surface area (Å²) < 4.78 is 70.6. The average molecular weight is 486 g/mol. The second-order valence-corrected chi connectivity index (χ2v) is 9.02. The van der Waals surface area contributed by atoms with E-state index in [4.69, 9.17) is 4.74 Å². The smallest absolute Gasteiger partial charge is 0.378 e. The maximum Gasteiger partial charge on any atom is 0.419 e. The normalized spacial score (nSPS) is 20.3. The van der Waals surface area contributed by atoms with Crippen molar-refractivity contribution in [1.29, 1.82) is 0 Å². The number of nitrogens with zero attached hydrogens (tertiary/aromatic N) is 3. The van der Waals surface area contributed by atoms with Crippen LogP contribution in [0.3, 0.4) is 0 Å². The van der Waals surface area contributed by atoms with Gasteiger partial charge in [-0.15, -0.1) is 0 Å². The molecule has 2 aromatic rings. The highest BCUT2D eigenvalue weighted by molar-refractivity contribution is 5.74. The lowest BCUT2D eigenvalue weighted by Crippen LogP contribution is -2.50. The van der Waals surface area contributed by atoms with E-state index >= 15 is 0 Å². The molecule has 0 atom stereocenters. The number of fused-ring (bicyclic) bond motifs is 1. The zero-order chi connectivity index (χ0) is 24.5. The summed E-state index contributed by atoms with van der Waals surface area (Å²) >= 11 is 0. The van der Waals surface area contributed by atoms with E-state index in [1.54, 1.807) is 0 Å². The minimum Gasteiger partial charge on any atom is -0.378 e. The Morgan fingerprint density at radius 3 is 2.44 bits per heavy atom. The predicted octanol–water partition coefficient (Wildman–Crippen LogP) is 3.77. The Bertz CT molecular complexity index is 1010. The number of rotatable bonds is 3. The van der Waals surface area contributed by atoms with Gasteiger partial charge in [0, 0.05) is 24.7 Å². The van der Waals surface area contributed by atoms with Gasteiger partial charge >= 0.3 is 6.18 Å². The Morgan fingerprint density at radius 2 is 1.85 bits per heavy atom. The molecular formula is C23H27F5N4O2. The first kappa shape index (κ1) is 24.7. The number of likely N-dealkylation sites (tertiary alicyclic amines) is 1. The van der Waals surface area contributed by atoms with Crippen LogP contribution in [0.5, 0.6) is 0 Å². The molecule has 0 bridgehead atoms. The van der Waals surface area contributed by atoms with Crippen LogP contribution in [0.15, 0.2) is 12.1 Å². The number of carbonyl (C=O) groups excluding carboxylic acids is 1. The van der Waals surface area contributed by atoms with Crippen LogP contribution >= 0.6 is 0 Å². The van der Waals surface area contributed by atoms with E-state index in [-0.39, 0.29) is 5.56 Å². The van der Waals surface area contributed by atoms with Crippen molar-refractivity contribution in [2.45, 2.75) is 43.9 Å². The highest BCUT2D eigenvalue weighted by atomic mass is 19.4. The number of aromatic amines is 1. The van der Waals surface area contributed by atoms with Crippen LogP contribution in [0.1, 0.15) is 51.6 Å². The molecule has 0 unspecified atom stereocenters. The van der Waals surface area contributed by atoms with Crippen molar-refractivity contribution in [2.75, 3.05) is 39.9 Å². The standard InChI is InChI=1S/C13H14F5N.C10H13N3O2/c1-19-4-2-8(3-5-19)10-6-9(14)7-11(15)12(10)13(16,17)18;14-4-10-8-1-2-13(7-5-15-6-7)3-9(8)11-12-10/h6-8H,2-5H2,1H3;4,7H,1-3,5-6H2,(H,11,12). The molecule has 5 rings (SSSR count). The Labute approximate surface area is 194 Å². The highest BCUT2D eigenvalue weighted by Crippen LogP contribution is 2.40. The number of benzene rings is 1. The van der Waals surface area contributed by atoms with Crippen molar-refractivity contribution in [1.82, 2.24) is 20.0 Å². The number of ether oxygens (including phenoxy) is 1. The fourth-order valence-corrected chi connectivity index (χ4v) is 4.74. The Morgan fingerprint density at radius 1 is 1.15 bits per heavy atom. The van der Waals surface area contributed by atoms with E-state index in [2.05, 4.69) is 15.1 Å². The first-order valence-corrected chi connectivity index (χ1v) is 11.2. The number of piperidine rings is 1. The number of H-pyrrole nitrogens is 1. The second kappa shape index (κ2) is 10.1. The number of hydrogen-bond acceptors (Lipinski definition) is 5. The van der Waals surface area contributed by atoms with E-state index < -0.39 is 29.3 Å². The van der Waals surface area contributed by atoms with Crippen molar-refractivity contribution in [3.63, 3.8) is 0 Å². The summed E-state index contributed by atoms with van der Waals surface area (Å²) in [5.74, 6) is -2.93. The number of alkyl halides is 3. The molecule has 0 radical (unpaired) electrons. The molecule has 6 nitrogen and oxygen atoms in total. The summed E-state index contributed by atoms with van der Waals surface area (Å²) in [6.45, 7) is 4.79. The largest absolute Gasteiger partial charge is 0.419 e. The van der Waals surface area contributed by atoms with Gasteiger partial charge in [-0.2, -0.15) is 18.3 Å². The van der Waals surface area contributed by atoms with Crippen LogP contribution in [0.2, 0.25) is 0 Å². The van der Waals surface area contributed by atoms with E-state index in [9.17, 15) is 26.7 Å². The summed E-state index contributed by atoms with van der Waals surface area (Å²) in [5.41, 5.74) is 1.20. The molecule has 3 aliphatic rings. The lowest BCUT2D eigenvalue weighted by Gasteiger charge is -2.39. The molecule has 1 N–H and O–H groups in total. The molecule has 0 spiro atoms. The summed E-state index contributed by atoms with van der Waals surface area (Å²) in [4.78, 5) is 15.1. The molecule has 2 fully saturated rings. The molecule has 3 aliphatic heterocycles. The molecule has 186 valence electrons. The number of aldehydes is 1. The van der Waals surface area contributed by atoms with Gasteiger partial charge in [0.25, 0.3) is 0 Å². The monoisotopic (exact) mass is 486 g/mol. The van der Waals surface area contributed by atoms with Gasteiger partial charge in [-0.25, -0.2) is 8.78 Å². The number of halogens is 5. The third-order valence-corrected chi connectivity index (χ3v) is 6.77. The number of carbonyl (C=O) groups is 1. The molecule has 0 aliphatic carbocycles. The van der Waals surface area contributed by atoms with Gasteiger partial charge in [0.2, 0.25) is 0 Å². The van der Waals surface area contributed by atoms with E-state index in [1.165, 1.54) is 0 Å². The number of nitrogens with one attached hydrogen (secondary N) is 1. The summed E-state index contributed by atoms with van der Waals surface area (Å²) in [6, 6.07) is 1.67. The van der Waals surface area contributed by atoms with Crippen molar-refractivity contribution in [3.05, 3.63) is 51.8 Å². The SMILES string of the molecule is CN1CCC(c2cc(F)cc(F)c2C(F)(F)F)CC1.O=Cc1n[nH]c2c1CCN(C1COC1)C2.